The van der Waals surface area contributed by atoms with Gasteiger partial charge < -0.3 is 9.53 Å². The number of hydrogen-bond donors (Lipinski definition) is 0. The minimum absolute atomic E-state index is 0.0706. The van der Waals surface area contributed by atoms with Crippen molar-refractivity contribution >= 4 is 6.29 Å². The molecule has 0 aliphatic carbocycles. The highest BCUT2D eigenvalue weighted by Crippen LogP contribution is 2.29. The normalized spacial score (nSPS) is 36.5. The van der Waals surface area contributed by atoms with Gasteiger partial charge in [-0.15, -0.1) is 0 Å². The third kappa shape index (κ3) is 1.95. The van der Waals surface area contributed by atoms with Crippen molar-refractivity contribution in [3.63, 3.8) is 0 Å². The van der Waals surface area contributed by atoms with Crippen LogP contribution in [0, 0.1) is 5.92 Å². The molecule has 0 aromatic heterocycles. The molecule has 0 aromatic carbocycles. The van der Waals surface area contributed by atoms with Crippen LogP contribution in [0.3, 0.4) is 0 Å². The number of rotatable bonds is 2. The van der Waals surface area contributed by atoms with Crippen molar-refractivity contribution in [1.82, 2.24) is 0 Å². The monoisotopic (exact) mass is 168 g/mol. The maximum Gasteiger partial charge on any atom is 0.122 e. The van der Waals surface area contributed by atoms with Crippen molar-refractivity contribution in [2.75, 3.05) is 0 Å². The summed E-state index contributed by atoms with van der Waals surface area (Å²) in [5.74, 6) is 0.424. The van der Waals surface area contributed by atoms with E-state index in [4.69, 9.17) is 4.74 Å². The summed E-state index contributed by atoms with van der Waals surface area (Å²) >= 11 is 0. The molecule has 68 valence electrons. The van der Waals surface area contributed by atoms with Crippen LogP contribution in [-0.4, -0.2) is 18.5 Å². The van der Waals surface area contributed by atoms with Gasteiger partial charge >= 0.3 is 0 Å². The molecule has 0 bridgehead atoms. The molecule has 1 fully saturated rings. The van der Waals surface area contributed by atoms with E-state index in [1.54, 1.807) is 0 Å². The predicted molar refractivity (Wildman–Crippen MR) is 47.9 cm³/mol. The first-order valence-corrected chi connectivity index (χ1v) is 4.42. The lowest BCUT2D eigenvalue weighted by Crippen LogP contribution is -2.33. The number of carbonyl (C=O) groups is 1. The fourth-order valence-corrected chi connectivity index (χ4v) is 1.53. The van der Waals surface area contributed by atoms with Crippen LogP contribution in [0.4, 0.5) is 0 Å². The molecule has 0 amide bonds. The van der Waals surface area contributed by atoms with Crippen molar-refractivity contribution < 1.29 is 9.53 Å². The van der Waals surface area contributed by atoms with Crippen molar-refractivity contribution in [2.24, 2.45) is 5.92 Å². The van der Waals surface area contributed by atoms with Crippen molar-refractivity contribution in [3.05, 3.63) is 12.2 Å². The maximum atomic E-state index is 10.3. The van der Waals surface area contributed by atoms with Crippen LogP contribution in [0.1, 0.15) is 26.7 Å². The van der Waals surface area contributed by atoms with E-state index in [1.165, 1.54) is 5.57 Å². The van der Waals surface area contributed by atoms with Gasteiger partial charge in [0.15, 0.2) is 0 Å². The number of ether oxygens (including phenoxy) is 1. The van der Waals surface area contributed by atoms with Crippen molar-refractivity contribution in [3.8, 4) is 0 Å². The van der Waals surface area contributed by atoms with Crippen molar-refractivity contribution in [2.45, 2.75) is 38.9 Å². The second-order valence-corrected chi connectivity index (χ2v) is 3.52. The zero-order chi connectivity index (χ0) is 9.14. The Morgan fingerprint density at radius 1 is 1.67 bits per heavy atom. The fourth-order valence-electron chi connectivity index (χ4n) is 1.53. The Morgan fingerprint density at radius 2 is 2.33 bits per heavy atom. The lowest BCUT2D eigenvalue weighted by Gasteiger charge is -2.33. The summed E-state index contributed by atoms with van der Waals surface area (Å²) < 4.78 is 5.62. The maximum absolute atomic E-state index is 10.3. The summed E-state index contributed by atoms with van der Waals surface area (Å²) in [6.45, 7) is 8.13. The molecule has 1 heterocycles. The minimum atomic E-state index is 0.0706. The fraction of sp³-hybridized carbons (Fsp3) is 0.700. The van der Waals surface area contributed by atoms with Gasteiger partial charge in [0.25, 0.3) is 0 Å². The Morgan fingerprint density at radius 3 is 2.83 bits per heavy atom. The largest absolute Gasteiger partial charge is 0.374 e. The van der Waals surface area contributed by atoms with Crippen molar-refractivity contribution in [1.29, 1.82) is 0 Å². The predicted octanol–water partition coefficient (Wildman–Crippen LogP) is 1.95. The third-order valence-corrected chi connectivity index (χ3v) is 2.60. The van der Waals surface area contributed by atoms with E-state index in [-0.39, 0.29) is 12.2 Å². The molecule has 3 atom stereocenters. The van der Waals surface area contributed by atoms with E-state index >= 15 is 0 Å². The highest BCUT2D eigenvalue weighted by Gasteiger charge is 2.27. The van der Waals surface area contributed by atoms with Gasteiger partial charge in [0.1, 0.15) is 6.29 Å². The number of carbonyl (C=O) groups excluding carboxylic acids is 1. The quantitative estimate of drug-likeness (QED) is 0.465. The molecule has 0 N–H and O–H groups in total. The summed E-state index contributed by atoms with van der Waals surface area (Å²) in [5, 5.41) is 0. The van der Waals surface area contributed by atoms with Gasteiger partial charge in [0.05, 0.1) is 12.2 Å². The van der Waals surface area contributed by atoms with Crippen LogP contribution in [0.25, 0.3) is 0 Å². The first-order chi connectivity index (χ1) is 5.65. The molecular weight excluding hydrogens is 152 g/mol. The van der Waals surface area contributed by atoms with Crippen LogP contribution in [0.2, 0.25) is 0 Å². The van der Waals surface area contributed by atoms with E-state index in [0.717, 1.165) is 12.7 Å². The molecule has 3 unspecified atom stereocenters. The number of hydrogen-bond acceptors (Lipinski definition) is 2. The summed E-state index contributed by atoms with van der Waals surface area (Å²) in [6, 6.07) is 0. The van der Waals surface area contributed by atoms with E-state index in [0.29, 0.717) is 12.3 Å². The number of aldehydes is 1. The van der Waals surface area contributed by atoms with E-state index in [2.05, 4.69) is 13.5 Å². The molecule has 1 aliphatic rings. The average Bonchev–Trinajstić information content (AvgIpc) is 2.01. The SMILES string of the molecule is C=C1CC(CC=O)OC(C)C1C. The first kappa shape index (κ1) is 9.46. The zero-order valence-electron chi connectivity index (χ0n) is 7.75. The first-order valence-electron chi connectivity index (χ1n) is 4.42. The Bertz CT molecular complexity index is 186. The molecule has 0 spiro atoms. The van der Waals surface area contributed by atoms with Crippen LogP contribution in [0.15, 0.2) is 12.2 Å². The van der Waals surface area contributed by atoms with Gasteiger partial charge in [0.2, 0.25) is 0 Å². The van der Waals surface area contributed by atoms with Crippen LogP contribution in [0.5, 0.6) is 0 Å². The van der Waals surface area contributed by atoms with E-state index < -0.39 is 0 Å². The molecule has 0 aromatic rings. The molecule has 12 heavy (non-hydrogen) atoms. The zero-order valence-corrected chi connectivity index (χ0v) is 7.75. The highest BCUT2D eigenvalue weighted by molar-refractivity contribution is 5.50. The van der Waals surface area contributed by atoms with E-state index in [1.807, 2.05) is 6.92 Å². The molecule has 0 saturated carbocycles. The summed E-state index contributed by atoms with van der Waals surface area (Å²) in [5.41, 5.74) is 1.21. The average molecular weight is 168 g/mol. The molecule has 1 saturated heterocycles. The summed E-state index contributed by atoms with van der Waals surface area (Å²) in [7, 11) is 0. The second kappa shape index (κ2) is 3.85. The molecule has 1 aliphatic heterocycles. The molecular formula is C10H16O2. The lowest BCUT2D eigenvalue weighted by atomic mass is 9.89. The molecule has 2 nitrogen and oxygen atoms in total. The van der Waals surface area contributed by atoms with Gasteiger partial charge in [-0.25, -0.2) is 0 Å². The standard InChI is InChI=1S/C10H16O2/c1-7-6-10(4-5-11)12-9(3)8(7)2/h5,8-10H,1,4,6H2,2-3H3. The van der Waals surface area contributed by atoms with Gasteiger partial charge in [-0.1, -0.05) is 19.1 Å². The smallest absolute Gasteiger partial charge is 0.122 e. The van der Waals surface area contributed by atoms with Gasteiger partial charge in [0, 0.05) is 12.3 Å². The van der Waals surface area contributed by atoms with E-state index in [9.17, 15) is 4.79 Å². The Hall–Kier alpha value is -0.630. The Labute approximate surface area is 73.6 Å². The van der Waals surface area contributed by atoms with Crippen LogP contribution < -0.4 is 0 Å². The molecule has 0 radical (unpaired) electrons. The lowest BCUT2D eigenvalue weighted by molar-refractivity contribution is -0.113. The summed E-state index contributed by atoms with van der Waals surface area (Å²) in [6.07, 6.45) is 2.53. The third-order valence-electron chi connectivity index (χ3n) is 2.60. The Balaban J connectivity index is 2.53. The molecule has 2 heteroatoms. The topological polar surface area (TPSA) is 26.3 Å². The van der Waals surface area contributed by atoms with Gasteiger partial charge in [-0.05, 0) is 13.3 Å². The highest BCUT2D eigenvalue weighted by atomic mass is 16.5. The van der Waals surface area contributed by atoms with Crippen LogP contribution in [-0.2, 0) is 9.53 Å². The van der Waals surface area contributed by atoms with Crippen LogP contribution >= 0.6 is 0 Å². The summed E-state index contributed by atoms with van der Waals surface area (Å²) in [4.78, 5) is 10.3. The minimum Gasteiger partial charge on any atom is -0.374 e. The van der Waals surface area contributed by atoms with Gasteiger partial charge in [-0.2, -0.15) is 0 Å². The second-order valence-electron chi connectivity index (χ2n) is 3.52. The Kier molecular flexibility index (Phi) is 3.04. The van der Waals surface area contributed by atoms with Gasteiger partial charge in [-0.3, -0.25) is 0 Å². The molecule has 1 rings (SSSR count).